The van der Waals surface area contributed by atoms with Crippen LogP contribution in [-0.2, 0) is 9.53 Å². The number of hydrogen-bond acceptors (Lipinski definition) is 6. The van der Waals surface area contributed by atoms with Gasteiger partial charge in [-0.1, -0.05) is 0 Å². The Kier molecular flexibility index (Phi) is 7.50. The van der Waals surface area contributed by atoms with Gasteiger partial charge in [-0.2, -0.15) is 0 Å². The lowest BCUT2D eigenvalue weighted by molar-refractivity contribution is -0.120. The first kappa shape index (κ1) is 20.6. The number of aliphatic hydroxyl groups excluding tert-OH is 1. The number of rotatable bonds is 7. The molecule has 1 aromatic carbocycles. The van der Waals surface area contributed by atoms with Crippen molar-refractivity contribution in [2.45, 2.75) is 32.5 Å². The van der Waals surface area contributed by atoms with Gasteiger partial charge in [0.05, 0.1) is 26.9 Å². The van der Waals surface area contributed by atoms with Gasteiger partial charge < -0.3 is 30.0 Å². The minimum absolute atomic E-state index is 0.0433. The van der Waals surface area contributed by atoms with Gasteiger partial charge >= 0.3 is 6.09 Å². The fraction of sp³-hybridized carbons (Fsp3) is 0.529. The van der Waals surface area contributed by atoms with E-state index in [9.17, 15) is 14.7 Å². The smallest absolute Gasteiger partial charge is 0.408 e. The number of aliphatic hydroxyl groups is 1. The van der Waals surface area contributed by atoms with Crippen LogP contribution < -0.4 is 20.1 Å². The van der Waals surface area contributed by atoms with E-state index in [1.807, 2.05) is 0 Å². The average Bonchev–Trinajstić information content (AvgIpc) is 2.55. The quantitative estimate of drug-likeness (QED) is 0.683. The number of benzene rings is 1. The van der Waals surface area contributed by atoms with Crippen LogP contribution >= 0.6 is 0 Å². The van der Waals surface area contributed by atoms with E-state index in [2.05, 4.69) is 10.6 Å². The zero-order valence-corrected chi connectivity index (χ0v) is 15.2. The Morgan fingerprint density at radius 2 is 1.84 bits per heavy atom. The van der Waals surface area contributed by atoms with Crippen molar-refractivity contribution in [3.63, 3.8) is 0 Å². The van der Waals surface area contributed by atoms with Crippen LogP contribution in [0.15, 0.2) is 18.2 Å². The lowest BCUT2D eigenvalue weighted by atomic mass is 10.1. The largest absolute Gasteiger partial charge is 0.497 e. The van der Waals surface area contributed by atoms with Crippen LogP contribution in [0.1, 0.15) is 32.4 Å². The molecule has 8 heteroatoms. The molecular formula is C17H26N2O6. The maximum Gasteiger partial charge on any atom is 0.408 e. The molecule has 1 unspecified atom stereocenters. The predicted octanol–water partition coefficient (Wildman–Crippen LogP) is 1.38. The summed E-state index contributed by atoms with van der Waals surface area (Å²) in [5.41, 5.74) is -0.151. The van der Waals surface area contributed by atoms with E-state index in [1.165, 1.54) is 14.2 Å². The summed E-state index contributed by atoms with van der Waals surface area (Å²) in [5, 5.41) is 15.1. The lowest BCUT2D eigenvalue weighted by Crippen LogP contribution is -2.40. The third-order valence-electron chi connectivity index (χ3n) is 3.08. The molecule has 0 heterocycles. The third kappa shape index (κ3) is 7.30. The van der Waals surface area contributed by atoms with Crippen molar-refractivity contribution in [2.24, 2.45) is 0 Å². The Morgan fingerprint density at radius 3 is 2.40 bits per heavy atom. The Hall–Kier alpha value is -2.48. The highest BCUT2D eigenvalue weighted by atomic mass is 16.6. The van der Waals surface area contributed by atoms with Gasteiger partial charge in [-0.3, -0.25) is 4.79 Å². The number of nitrogens with one attached hydrogen (secondary N) is 2. The zero-order valence-electron chi connectivity index (χ0n) is 15.2. The van der Waals surface area contributed by atoms with E-state index in [0.717, 1.165) is 0 Å². The third-order valence-corrected chi connectivity index (χ3v) is 3.08. The predicted molar refractivity (Wildman–Crippen MR) is 91.8 cm³/mol. The molecule has 0 aliphatic rings. The topological polar surface area (TPSA) is 106 Å². The molecule has 0 saturated heterocycles. The van der Waals surface area contributed by atoms with Gasteiger partial charge in [0.25, 0.3) is 0 Å². The molecule has 2 amide bonds. The first-order valence-corrected chi connectivity index (χ1v) is 7.80. The van der Waals surface area contributed by atoms with Crippen LogP contribution in [0.25, 0.3) is 0 Å². The Labute approximate surface area is 147 Å². The zero-order chi connectivity index (χ0) is 19.0. The Morgan fingerprint density at radius 1 is 1.16 bits per heavy atom. The summed E-state index contributed by atoms with van der Waals surface area (Å²) >= 11 is 0. The highest BCUT2D eigenvalue weighted by Gasteiger charge is 2.18. The van der Waals surface area contributed by atoms with Crippen LogP contribution in [-0.4, -0.2) is 50.0 Å². The lowest BCUT2D eigenvalue weighted by Gasteiger charge is -2.20. The molecule has 0 fully saturated rings. The number of hydrogen-bond donors (Lipinski definition) is 3. The van der Waals surface area contributed by atoms with Gasteiger partial charge in [0, 0.05) is 12.1 Å². The summed E-state index contributed by atoms with van der Waals surface area (Å²) in [6.45, 7) is 4.88. The summed E-state index contributed by atoms with van der Waals surface area (Å²) in [4.78, 5) is 23.3. The number of carbonyl (C=O) groups is 2. The van der Waals surface area contributed by atoms with Crippen molar-refractivity contribution >= 4 is 12.0 Å². The minimum atomic E-state index is -0.990. The summed E-state index contributed by atoms with van der Waals surface area (Å²) < 4.78 is 15.3. The number of amides is 2. The second-order valence-corrected chi connectivity index (χ2v) is 6.28. The Bertz CT molecular complexity index is 597. The first-order chi connectivity index (χ1) is 11.7. The van der Waals surface area contributed by atoms with Crippen LogP contribution in [0.3, 0.4) is 0 Å². The van der Waals surface area contributed by atoms with E-state index in [0.29, 0.717) is 17.1 Å². The number of alkyl carbamates (subject to hydrolysis) is 1. The van der Waals surface area contributed by atoms with Crippen molar-refractivity contribution in [2.75, 3.05) is 27.3 Å². The second-order valence-electron chi connectivity index (χ2n) is 6.28. The van der Waals surface area contributed by atoms with E-state index >= 15 is 0 Å². The van der Waals surface area contributed by atoms with Crippen molar-refractivity contribution in [1.82, 2.24) is 10.6 Å². The molecule has 8 nitrogen and oxygen atoms in total. The highest BCUT2D eigenvalue weighted by Crippen LogP contribution is 2.28. The molecule has 0 saturated carbocycles. The Balaban J connectivity index is 2.52. The second kappa shape index (κ2) is 9.12. The molecule has 1 atom stereocenters. The van der Waals surface area contributed by atoms with Crippen LogP contribution in [0.4, 0.5) is 4.79 Å². The van der Waals surface area contributed by atoms with Gasteiger partial charge in [0.15, 0.2) is 0 Å². The molecule has 0 bridgehead atoms. The van der Waals surface area contributed by atoms with Gasteiger partial charge in [0.2, 0.25) is 5.91 Å². The van der Waals surface area contributed by atoms with Crippen LogP contribution in [0.5, 0.6) is 11.5 Å². The molecule has 0 spiro atoms. The minimum Gasteiger partial charge on any atom is -0.497 e. The standard InChI is InChI=1S/C17H26N2O6/c1-17(2,3)25-16(22)19-10-15(21)18-9-13(20)12-8-11(23-4)6-7-14(12)24-5/h6-8,13,20H,9-10H2,1-5H3,(H,18,21)(H,19,22). The fourth-order valence-corrected chi connectivity index (χ4v) is 1.95. The summed E-state index contributed by atoms with van der Waals surface area (Å²) in [6, 6.07) is 5.01. The van der Waals surface area contributed by atoms with E-state index in [-0.39, 0.29) is 13.1 Å². The van der Waals surface area contributed by atoms with Crippen LogP contribution in [0, 0.1) is 0 Å². The molecule has 1 aromatic rings. The van der Waals surface area contributed by atoms with E-state index in [4.69, 9.17) is 14.2 Å². The number of ether oxygens (including phenoxy) is 3. The fourth-order valence-electron chi connectivity index (χ4n) is 1.95. The van der Waals surface area contributed by atoms with E-state index in [1.54, 1.807) is 39.0 Å². The first-order valence-electron chi connectivity index (χ1n) is 7.80. The molecule has 25 heavy (non-hydrogen) atoms. The number of methoxy groups -OCH3 is 2. The van der Waals surface area contributed by atoms with Crippen molar-refractivity contribution < 1.29 is 28.9 Å². The van der Waals surface area contributed by atoms with Crippen molar-refractivity contribution in [3.05, 3.63) is 23.8 Å². The maximum absolute atomic E-state index is 11.8. The van der Waals surface area contributed by atoms with Gasteiger partial charge in [-0.05, 0) is 39.0 Å². The summed E-state index contributed by atoms with van der Waals surface area (Å²) in [6.07, 6.45) is -1.67. The normalized spacial score (nSPS) is 12.1. The molecule has 3 N–H and O–H groups in total. The van der Waals surface area contributed by atoms with Crippen molar-refractivity contribution in [3.8, 4) is 11.5 Å². The highest BCUT2D eigenvalue weighted by molar-refractivity contribution is 5.82. The molecule has 0 radical (unpaired) electrons. The molecule has 140 valence electrons. The average molecular weight is 354 g/mol. The maximum atomic E-state index is 11.8. The molecule has 0 aliphatic heterocycles. The van der Waals surface area contributed by atoms with E-state index < -0.39 is 23.7 Å². The summed E-state index contributed by atoms with van der Waals surface area (Å²) in [7, 11) is 3.00. The van der Waals surface area contributed by atoms with Gasteiger partial charge in [-0.25, -0.2) is 4.79 Å². The molecular weight excluding hydrogens is 328 g/mol. The summed E-state index contributed by atoms with van der Waals surface area (Å²) in [5.74, 6) is 0.592. The number of carbonyl (C=O) groups excluding carboxylic acids is 2. The van der Waals surface area contributed by atoms with Crippen molar-refractivity contribution in [1.29, 1.82) is 0 Å². The molecule has 1 rings (SSSR count). The SMILES string of the molecule is COc1ccc(OC)c(C(O)CNC(=O)CNC(=O)OC(C)(C)C)c1. The molecule has 0 aliphatic carbocycles. The monoisotopic (exact) mass is 354 g/mol. The van der Waals surface area contributed by atoms with Crippen LogP contribution in [0.2, 0.25) is 0 Å². The molecule has 0 aromatic heterocycles. The van der Waals surface area contributed by atoms with Gasteiger partial charge in [0.1, 0.15) is 17.1 Å². The van der Waals surface area contributed by atoms with Gasteiger partial charge in [-0.15, -0.1) is 0 Å².